The zero-order valence-electron chi connectivity index (χ0n) is 12.3. The van der Waals surface area contributed by atoms with Crippen molar-refractivity contribution in [3.8, 4) is 0 Å². The first kappa shape index (κ1) is 16.9. The Kier molecular flexibility index (Phi) is 5.31. The maximum absolute atomic E-state index is 12.3. The van der Waals surface area contributed by atoms with E-state index in [9.17, 15) is 20.0 Å². The normalized spacial score (nSPS) is 11.8. The van der Waals surface area contributed by atoms with Crippen LogP contribution < -0.4 is 5.32 Å². The number of aliphatic hydroxyl groups is 1. The molecule has 1 amide bonds. The molecule has 0 saturated carbocycles. The Labute approximate surface area is 137 Å². The monoisotopic (exact) mass is 334 g/mol. The van der Waals surface area contributed by atoms with E-state index in [0.29, 0.717) is 16.1 Å². The number of nitrogens with zero attached hydrogens (tertiary/aromatic N) is 1. The largest absolute Gasteiger partial charge is 0.387 e. The molecule has 0 aliphatic heterocycles. The standard InChI is InChI=1S/C16H15ClN2O4/c1-10-5-4-8-13(19(22)23)15(10)16(21)18-9-14(20)11-6-2-3-7-12(11)17/h2-8,14,20H,9H2,1H3,(H,18,21)/t14-/m0/s1. The van der Waals surface area contributed by atoms with Crippen LogP contribution in [0.5, 0.6) is 0 Å². The summed E-state index contributed by atoms with van der Waals surface area (Å²) in [5.74, 6) is -0.610. The highest BCUT2D eigenvalue weighted by Gasteiger charge is 2.23. The number of halogens is 1. The molecule has 0 unspecified atom stereocenters. The highest BCUT2D eigenvalue weighted by Crippen LogP contribution is 2.24. The lowest BCUT2D eigenvalue weighted by molar-refractivity contribution is -0.385. The quantitative estimate of drug-likeness (QED) is 0.649. The molecule has 0 aliphatic rings. The Morgan fingerprint density at radius 1 is 1.30 bits per heavy atom. The Morgan fingerprint density at radius 2 is 2.00 bits per heavy atom. The zero-order chi connectivity index (χ0) is 17.0. The summed E-state index contributed by atoms with van der Waals surface area (Å²) in [7, 11) is 0. The Morgan fingerprint density at radius 3 is 2.65 bits per heavy atom. The van der Waals surface area contributed by atoms with Crippen LogP contribution >= 0.6 is 11.6 Å². The average molecular weight is 335 g/mol. The van der Waals surface area contributed by atoms with Crippen molar-refractivity contribution in [3.63, 3.8) is 0 Å². The molecule has 120 valence electrons. The molecule has 2 aromatic rings. The summed E-state index contributed by atoms with van der Waals surface area (Å²) < 4.78 is 0. The smallest absolute Gasteiger partial charge is 0.282 e. The highest BCUT2D eigenvalue weighted by molar-refractivity contribution is 6.31. The van der Waals surface area contributed by atoms with Crippen molar-refractivity contribution in [2.45, 2.75) is 13.0 Å². The maximum atomic E-state index is 12.3. The number of amides is 1. The summed E-state index contributed by atoms with van der Waals surface area (Å²) in [5.41, 5.74) is 0.691. The number of nitrogens with one attached hydrogen (secondary N) is 1. The molecule has 0 saturated heterocycles. The number of rotatable bonds is 5. The minimum absolute atomic E-state index is 0.0103. The number of nitro benzene ring substituents is 1. The molecule has 0 aliphatic carbocycles. The number of aliphatic hydroxyl groups excluding tert-OH is 1. The molecule has 0 fully saturated rings. The van der Waals surface area contributed by atoms with Gasteiger partial charge in [-0.15, -0.1) is 0 Å². The molecular weight excluding hydrogens is 320 g/mol. The number of hydrogen-bond acceptors (Lipinski definition) is 4. The molecule has 0 spiro atoms. The Balaban J connectivity index is 2.15. The van der Waals surface area contributed by atoms with E-state index in [0.717, 1.165) is 0 Å². The van der Waals surface area contributed by atoms with Gasteiger partial charge in [0.1, 0.15) is 5.56 Å². The van der Waals surface area contributed by atoms with Gasteiger partial charge in [-0.3, -0.25) is 14.9 Å². The fourth-order valence-corrected chi connectivity index (χ4v) is 2.49. The fraction of sp³-hybridized carbons (Fsp3) is 0.188. The molecule has 1 atom stereocenters. The molecule has 6 nitrogen and oxygen atoms in total. The molecule has 0 heterocycles. The van der Waals surface area contributed by atoms with Gasteiger partial charge in [0.25, 0.3) is 11.6 Å². The zero-order valence-corrected chi connectivity index (χ0v) is 13.1. The van der Waals surface area contributed by atoms with Gasteiger partial charge in [0.05, 0.1) is 11.0 Å². The fourth-order valence-electron chi connectivity index (χ4n) is 2.23. The lowest BCUT2D eigenvalue weighted by atomic mass is 10.1. The predicted molar refractivity (Wildman–Crippen MR) is 86.6 cm³/mol. The van der Waals surface area contributed by atoms with E-state index >= 15 is 0 Å². The lowest BCUT2D eigenvalue weighted by Gasteiger charge is -2.14. The minimum atomic E-state index is -1.00. The van der Waals surface area contributed by atoms with Crippen LogP contribution in [0.1, 0.15) is 27.6 Å². The molecule has 2 aromatic carbocycles. The maximum Gasteiger partial charge on any atom is 0.282 e. The van der Waals surface area contributed by atoms with E-state index in [1.807, 2.05) is 0 Å². The molecule has 7 heteroatoms. The van der Waals surface area contributed by atoms with Gasteiger partial charge in [-0.05, 0) is 18.6 Å². The van der Waals surface area contributed by atoms with Gasteiger partial charge < -0.3 is 10.4 Å². The van der Waals surface area contributed by atoms with Gasteiger partial charge in [0, 0.05) is 23.2 Å². The van der Waals surface area contributed by atoms with Crippen molar-refractivity contribution in [1.82, 2.24) is 5.32 Å². The molecule has 2 rings (SSSR count). The van der Waals surface area contributed by atoms with E-state index in [1.165, 1.54) is 12.1 Å². The summed E-state index contributed by atoms with van der Waals surface area (Å²) in [6.45, 7) is 1.51. The summed E-state index contributed by atoms with van der Waals surface area (Å²) in [4.78, 5) is 22.7. The predicted octanol–water partition coefficient (Wildman–Crippen LogP) is 3.02. The molecule has 0 radical (unpaired) electrons. The van der Waals surface area contributed by atoms with Gasteiger partial charge in [-0.25, -0.2) is 0 Å². The van der Waals surface area contributed by atoms with Crippen LogP contribution in [0, 0.1) is 17.0 Å². The highest BCUT2D eigenvalue weighted by atomic mass is 35.5. The Hall–Kier alpha value is -2.44. The molecule has 0 bridgehead atoms. The number of aryl methyl sites for hydroxylation is 1. The third-order valence-corrected chi connectivity index (χ3v) is 3.74. The van der Waals surface area contributed by atoms with Crippen molar-refractivity contribution in [2.24, 2.45) is 0 Å². The van der Waals surface area contributed by atoms with Gasteiger partial charge in [-0.2, -0.15) is 0 Å². The van der Waals surface area contributed by atoms with E-state index in [2.05, 4.69) is 5.32 Å². The van der Waals surface area contributed by atoms with E-state index in [4.69, 9.17) is 11.6 Å². The molecular formula is C16H15ClN2O4. The minimum Gasteiger partial charge on any atom is -0.387 e. The number of nitro groups is 1. The van der Waals surface area contributed by atoms with Crippen molar-refractivity contribution >= 4 is 23.2 Å². The van der Waals surface area contributed by atoms with E-state index in [1.54, 1.807) is 37.3 Å². The van der Waals surface area contributed by atoms with Crippen LogP contribution in [-0.2, 0) is 0 Å². The van der Waals surface area contributed by atoms with E-state index < -0.39 is 16.9 Å². The van der Waals surface area contributed by atoms with Crippen LogP contribution in [-0.4, -0.2) is 22.5 Å². The Bertz CT molecular complexity index is 749. The van der Waals surface area contributed by atoms with Gasteiger partial charge in [0.2, 0.25) is 0 Å². The second kappa shape index (κ2) is 7.21. The molecule has 2 N–H and O–H groups in total. The summed E-state index contributed by atoms with van der Waals surface area (Å²) in [5, 5.41) is 24.0. The third-order valence-electron chi connectivity index (χ3n) is 3.39. The number of benzene rings is 2. The average Bonchev–Trinajstić information content (AvgIpc) is 2.52. The van der Waals surface area contributed by atoms with Crippen molar-refractivity contribution in [1.29, 1.82) is 0 Å². The number of hydrogen-bond donors (Lipinski definition) is 2. The first-order valence-corrected chi connectivity index (χ1v) is 7.24. The second-order valence-electron chi connectivity index (χ2n) is 4.97. The van der Waals surface area contributed by atoms with Gasteiger partial charge >= 0.3 is 0 Å². The third kappa shape index (κ3) is 3.85. The molecule has 23 heavy (non-hydrogen) atoms. The SMILES string of the molecule is Cc1cccc([N+](=O)[O-])c1C(=O)NC[C@H](O)c1ccccc1Cl. The number of carbonyl (C=O) groups is 1. The van der Waals surface area contributed by atoms with Crippen LogP contribution in [0.15, 0.2) is 42.5 Å². The lowest BCUT2D eigenvalue weighted by Crippen LogP contribution is -2.29. The van der Waals surface area contributed by atoms with Gasteiger partial charge in [-0.1, -0.05) is 41.9 Å². The first-order valence-electron chi connectivity index (χ1n) is 6.86. The van der Waals surface area contributed by atoms with Crippen LogP contribution in [0.3, 0.4) is 0 Å². The summed E-state index contributed by atoms with van der Waals surface area (Å²) in [6.07, 6.45) is -1.00. The van der Waals surface area contributed by atoms with Crippen LogP contribution in [0.25, 0.3) is 0 Å². The second-order valence-corrected chi connectivity index (χ2v) is 5.38. The van der Waals surface area contributed by atoms with Crippen molar-refractivity contribution in [3.05, 3.63) is 74.3 Å². The summed E-state index contributed by atoms with van der Waals surface area (Å²) in [6, 6.07) is 11.1. The van der Waals surface area contributed by atoms with E-state index in [-0.39, 0.29) is 17.8 Å². The first-order chi connectivity index (χ1) is 10.9. The summed E-state index contributed by atoms with van der Waals surface area (Å²) >= 11 is 5.98. The van der Waals surface area contributed by atoms with Crippen molar-refractivity contribution in [2.75, 3.05) is 6.54 Å². The number of carbonyl (C=O) groups excluding carboxylic acids is 1. The molecule has 0 aromatic heterocycles. The van der Waals surface area contributed by atoms with Crippen LogP contribution in [0.4, 0.5) is 5.69 Å². The van der Waals surface area contributed by atoms with Crippen molar-refractivity contribution < 1.29 is 14.8 Å². The van der Waals surface area contributed by atoms with Crippen LogP contribution in [0.2, 0.25) is 5.02 Å². The topological polar surface area (TPSA) is 92.5 Å². The van der Waals surface area contributed by atoms with Gasteiger partial charge in [0.15, 0.2) is 0 Å².